The molecule has 0 bridgehead atoms. The van der Waals surface area contributed by atoms with Crippen LogP contribution in [0.1, 0.15) is 32.7 Å². The van der Waals surface area contributed by atoms with Crippen LogP contribution in [0.25, 0.3) is 10.9 Å². The molecule has 0 saturated carbocycles. The van der Waals surface area contributed by atoms with Gasteiger partial charge in [0.1, 0.15) is 22.9 Å². The fourth-order valence-corrected chi connectivity index (χ4v) is 8.01. The van der Waals surface area contributed by atoms with Crippen molar-refractivity contribution in [2.24, 2.45) is 7.05 Å². The SMILES string of the molecule is COc1cc(C)c(S(=O)(=O)Nc2ccc(Oc3ccc4cc(C(=O)N5CCN(Cc6ccc(OCC(F)(F)F)cc6)CC5)n(C)c4c3)nc2)c(C)c1C. The number of sulfonamides is 1. The number of halogens is 3. The van der Waals surface area contributed by atoms with E-state index in [-0.39, 0.29) is 28.1 Å². The number of rotatable bonds is 11. The zero-order valence-electron chi connectivity index (χ0n) is 30.0. The smallest absolute Gasteiger partial charge is 0.422 e. The Kier molecular flexibility index (Phi) is 10.6. The number of pyridine rings is 1. The molecular weight excluding hydrogens is 712 g/mol. The van der Waals surface area contributed by atoms with Gasteiger partial charge in [-0.2, -0.15) is 13.2 Å². The largest absolute Gasteiger partial charge is 0.496 e. The van der Waals surface area contributed by atoms with Crippen molar-refractivity contribution in [2.75, 3.05) is 44.6 Å². The number of amides is 1. The third kappa shape index (κ3) is 8.52. The molecule has 3 heterocycles. The minimum absolute atomic E-state index is 0.0909. The van der Waals surface area contributed by atoms with Crippen LogP contribution in [0.5, 0.6) is 23.1 Å². The minimum atomic E-state index is -4.39. The normalized spacial score (nSPS) is 14.0. The molecule has 53 heavy (non-hydrogen) atoms. The van der Waals surface area contributed by atoms with Gasteiger partial charge in [0.15, 0.2) is 6.61 Å². The fourth-order valence-electron chi connectivity index (χ4n) is 6.44. The number of methoxy groups -OCH3 is 1. The molecule has 0 unspecified atom stereocenters. The van der Waals surface area contributed by atoms with Gasteiger partial charge in [0.05, 0.1) is 29.4 Å². The van der Waals surface area contributed by atoms with Crippen molar-refractivity contribution in [3.8, 4) is 23.1 Å². The van der Waals surface area contributed by atoms with Crippen molar-refractivity contribution >= 4 is 32.5 Å². The van der Waals surface area contributed by atoms with Crippen LogP contribution < -0.4 is 18.9 Å². The standard InChI is InChI=1S/C38H40F3N5O6S/c1-24-18-34(50-5)25(2)26(3)36(24)53(48,49)43-29-9-13-35(42-21-29)52-31-12-8-28-19-33(44(4)32(28)20-31)37(47)46-16-14-45(15-17-46)22-27-6-10-30(11-7-27)51-23-38(39,40)41/h6-13,18-21,43H,14-17,22-23H2,1-5H3. The van der Waals surface area contributed by atoms with Gasteiger partial charge in [-0.25, -0.2) is 13.4 Å². The minimum Gasteiger partial charge on any atom is -0.496 e. The van der Waals surface area contributed by atoms with Gasteiger partial charge < -0.3 is 23.7 Å². The summed E-state index contributed by atoms with van der Waals surface area (Å²) >= 11 is 0. The molecule has 1 saturated heterocycles. The van der Waals surface area contributed by atoms with Crippen LogP contribution in [0.4, 0.5) is 18.9 Å². The van der Waals surface area contributed by atoms with Gasteiger partial charge in [-0.05, 0) is 85.5 Å². The molecule has 1 fully saturated rings. The maximum absolute atomic E-state index is 13.6. The molecule has 280 valence electrons. The Hall–Kier alpha value is -5.28. The quantitative estimate of drug-likeness (QED) is 0.154. The maximum atomic E-state index is 13.6. The lowest BCUT2D eigenvalue weighted by atomic mass is 10.1. The molecule has 1 N–H and O–H groups in total. The van der Waals surface area contributed by atoms with Gasteiger partial charge in [0, 0.05) is 57.3 Å². The van der Waals surface area contributed by atoms with E-state index in [9.17, 15) is 26.4 Å². The number of aromatic nitrogens is 2. The second kappa shape index (κ2) is 15.0. The Morgan fingerprint density at radius 3 is 2.25 bits per heavy atom. The number of hydrogen-bond acceptors (Lipinski definition) is 8. The van der Waals surface area contributed by atoms with Gasteiger partial charge in [-0.1, -0.05) is 12.1 Å². The van der Waals surface area contributed by atoms with Crippen molar-refractivity contribution in [3.63, 3.8) is 0 Å². The maximum Gasteiger partial charge on any atom is 0.422 e. The predicted octanol–water partition coefficient (Wildman–Crippen LogP) is 7.00. The summed E-state index contributed by atoms with van der Waals surface area (Å²) in [5, 5.41) is 0.863. The average Bonchev–Trinajstić information content (AvgIpc) is 3.45. The van der Waals surface area contributed by atoms with E-state index >= 15 is 0 Å². The summed E-state index contributed by atoms with van der Waals surface area (Å²) in [6, 6.07) is 18.7. The molecule has 6 rings (SSSR count). The fraction of sp³-hybridized carbons (Fsp3) is 0.316. The second-order valence-corrected chi connectivity index (χ2v) is 14.6. The number of piperazine rings is 1. The van der Waals surface area contributed by atoms with Gasteiger partial charge in [0.25, 0.3) is 15.9 Å². The van der Waals surface area contributed by atoms with Gasteiger partial charge in [0.2, 0.25) is 5.88 Å². The number of carbonyl (C=O) groups excluding carboxylic acids is 1. The number of carbonyl (C=O) groups is 1. The molecule has 0 aliphatic carbocycles. The molecule has 2 aromatic heterocycles. The van der Waals surface area contributed by atoms with Gasteiger partial charge in [-0.15, -0.1) is 0 Å². The number of fused-ring (bicyclic) bond motifs is 1. The zero-order valence-corrected chi connectivity index (χ0v) is 30.8. The van der Waals surface area contributed by atoms with E-state index in [1.54, 1.807) is 57.4 Å². The van der Waals surface area contributed by atoms with E-state index in [4.69, 9.17) is 14.2 Å². The second-order valence-electron chi connectivity index (χ2n) is 13.0. The highest BCUT2D eigenvalue weighted by atomic mass is 32.2. The summed E-state index contributed by atoms with van der Waals surface area (Å²) in [5.74, 6) is 1.45. The third-order valence-corrected chi connectivity index (χ3v) is 11.0. The first-order chi connectivity index (χ1) is 25.1. The van der Waals surface area contributed by atoms with E-state index in [0.717, 1.165) is 22.0 Å². The Labute approximate surface area is 305 Å². The number of ether oxygens (including phenoxy) is 3. The van der Waals surface area contributed by atoms with Crippen molar-refractivity contribution in [1.29, 1.82) is 0 Å². The van der Waals surface area contributed by atoms with E-state index < -0.39 is 22.8 Å². The van der Waals surface area contributed by atoms with Crippen molar-refractivity contribution < 1.29 is 40.6 Å². The number of nitrogens with zero attached hydrogens (tertiary/aromatic N) is 4. The summed E-state index contributed by atoms with van der Waals surface area (Å²) in [5.41, 5.74) is 4.45. The number of nitrogens with one attached hydrogen (secondary N) is 1. The summed E-state index contributed by atoms with van der Waals surface area (Å²) in [6.45, 7) is 6.91. The lowest BCUT2D eigenvalue weighted by Gasteiger charge is -2.34. The Balaban J connectivity index is 1.06. The van der Waals surface area contributed by atoms with Crippen LogP contribution in [0.3, 0.4) is 0 Å². The molecule has 0 radical (unpaired) electrons. The number of anilines is 1. The molecule has 0 atom stereocenters. The van der Waals surface area contributed by atoms with Crippen LogP contribution in [0.15, 0.2) is 77.8 Å². The highest BCUT2D eigenvalue weighted by Crippen LogP contribution is 2.32. The summed E-state index contributed by atoms with van der Waals surface area (Å²) in [6.07, 6.45) is -3.00. The van der Waals surface area contributed by atoms with Crippen molar-refractivity contribution in [2.45, 2.75) is 38.4 Å². The van der Waals surface area contributed by atoms with Crippen LogP contribution in [0, 0.1) is 20.8 Å². The molecule has 0 spiro atoms. The molecular formula is C38H40F3N5O6S. The number of aryl methyl sites for hydroxylation is 2. The van der Waals surface area contributed by atoms with E-state index in [0.29, 0.717) is 61.0 Å². The molecule has 1 amide bonds. The first kappa shape index (κ1) is 37.5. The molecule has 15 heteroatoms. The average molecular weight is 752 g/mol. The lowest BCUT2D eigenvalue weighted by molar-refractivity contribution is -0.153. The van der Waals surface area contributed by atoms with Crippen LogP contribution in [-0.4, -0.2) is 79.7 Å². The van der Waals surface area contributed by atoms with Crippen LogP contribution in [-0.2, 0) is 23.6 Å². The third-order valence-electron chi connectivity index (χ3n) is 9.31. The van der Waals surface area contributed by atoms with E-state index in [1.165, 1.54) is 18.3 Å². The van der Waals surface area contributed by atoms with Crippen LogP contribution >= 0.6 is 0 Å². The Morgan fingerprint density at radius 2 is 1.60 bits per heavy atom. The first-order valence-electron chi connectivity index (χ1n) is 16.8. The summed E-state index contributed by atoms with van der Waals surface area (Å²) in [4.78, 5) is 22.1. The Bertz CT molecular complexity index is 2230. The van der Waals surface area contributed by atoms with E-state index in [2.05, 4.69) is 14.6 Å². The van der Waals surface area contributed by atoms with Gasteiger partial charge >= 0.3 is 6.18 Å². The topological polar surface area (TPSA) is 115 Å². The Morgan fingerprint density at radius 1 is 0.906 bits per heavy atom. The molecule has 3 aromatic carbocycles. The summed E-state index contributed by atoms with van der Waals surface area (Å²) < 4.78 is 84.5. The summed E-state index contributed by atoms with van der Waals surface area (Å²) in [7, 11) is -0.540. The van der Waals surface area contributed by atoms with Gasteiger partial charge in [-0.3, -0.25) is 14.4 Å². The van der Waals surface area contributed by atoms with Crippen LogP contribution in [0.2, 0.25) is 0 Å². The monoisotopic (exact) mass is 751 g/mol. The molecule has 11 nitrogen and oxygen atoms in total. The highest BCUT2D eigenvalue weighted by molar-refractivity contribution is 7.92. The van der Waals surface area contributed by atoms with Crippen molar-refractivity contribution in [3.05, 3.63) is 101 Å². The first-order valence-corrected chi connectivity index (χ1v) is 18.3. The molecule has 5 aromatic rings. The number of alkyl halides is 3. The van der Waals surface area contributed by atoms with E-state index in [1.807, 2.05) is 41.6 Å². The lowest BCUT2D eigenvalue weighted by Crippen LogP contribution is -2.48. The molecule has 1 aliphatic rings. The predicted molar refractivity (Wildman–Crippen MR) is 194 cm³/mol. The number of benzene rings is 3. The molecule has 1 aliphatic heterocycles. The zero-order chi connectivity index (χ0) is 38.1. The highest BCUT2D eigenvalue weighted by Gasteiger charge is 2.29. The van der Waals surface area contributed by atoms with Crippen molar-refractivity contribution in [1.82, 2.24) is 19.4 Å². The number of hydrogen-bond donors (Lipinski definition) is 1.